The highest BCUT2D eigenvalue weighted by Crippen LogP contribution is 2.14. The van der Waals surface area contributed by atoms with Crippen LogP contribution in [0.4, 0.5) is 10.1 Å². The van der Waals surface area contributed by atoms with Gasteiger partial charge in [-0.05, 0) is 12.1 Å². The number of carbonyl (C=O) groups is 1. The first-order chi connectivity index (χ1) is 9.15. The van der Waals surface area contributed by atoms with Crippen molar-refractivity contribution >= 4 is 23.4 Å². The summed E-state index contributed by atoms with van der Waals surface area (Å²) in [4.78, 5) is 22.4. The molecule has 0 aliphatic heterocycles. The van der Waals surface area contributed by atoms with E-state index < -0.39 is 5.82 Å². The molecule has 0 aliphatic carbocycles. The van der Waals surface area contributed by atoms with E-state index in [0.717, 1.165) is 0 Å². The molecule has 100 valence electrons. The van der Waals surface area contributed by atoms with Gasteiger partial charge in [0.15, 0.2) is 0 Å². The third-order valence-corrected chi connectivity index (χ3v) is 3.27. The Balaban J connectivity index is 1.79. The summed E-state index contributed by atoms with van der Waals surface area (Å²) in [5.74, 6) is -0.0610. The van der Waals surface area contributed by atoms with Crippen molar-refractivity contribution in [2.24, 2.45) is 0 Å². The lowest BCUT2D eigenvalue weighted by molar-refractivity contribution is -0.113. The molecule has 0 spiro atoms. The Morgan fingerprint density at radius 1 is 1.32 bits per heavy atom. The van der Waals surface area contributed by atoms with Crippen LogP contribution < -0.4 is 10.9 Å². The fourth-order valence-electron chi connectivity index (χ4n) is 1.45. The molecular formula is C12H12FN3O2S. The summed E-state index contributed by atoms with van der Waals surface area (Å²) in [6.45, 7) is 0. The molecule has 19 heavy (non-hydrogen) atoms. The van der Waals surface area contributed by atoms with Crippen LogP contribution >= 0.6 is 11.8 Å². The quantitative estimate of drug-likeness (QED) is 0.781. The lowest BCUT2D eigenvalue weighted by Gasteiger charge is -2.05. The zero-order valence-corrected chi connectivity index (χ0v) is 10.7. The lowest BCUT2D eigenvalue weighted by Crippen LogP contribution is -2.15. The largest absolute Gasteiger partial charge is 0.323 e. The normalized spacial score (nSPS) is 10.4. The average molecular weight is 281 g/mol. The molecule has 1 heterocycles. The minimum Gasteiger partial charge on any atom is -0.323 e. The topological polar surface area (TPSA) is 77.8 Å². The number of para-hydroxylation sites is 1. The molecule has 3 N–H and O–H groups in total. The van der Waals surface area contributed by atoms with Gasteiger partial charge >= 0.3 is 0 Å². The molecule has 0 unspecified atom stereocenters. The molecule has 0 saturated heterocycles. The second kappa shape index (κ2) is 6.24. The number of hydrogen-bond acceptors (Lipinski definition) is 3. The van der Waals surface area contributed by atoms with Gasteiger partial charge in [0, 0.05) is 17.5 Å². The van der Waals surface area contributed by atoms with Crippen LogP contribution in [0, 0.1) is 5.82 Å². The van der Waals surface area contributed by atoms with Crippen LogP contribution in [0.1, 0.15) is 5.69 Å². The van der Waals surface area contributed by atoms with E-state index in [2.05, 4.69) is 15.5 Å². The first kappa shape index (κ1) is 13.4. The van der Waals surface area contributed by atoms with Gasteiger partial charge in [-0.2, -0.15) is 0 Å². The predicted octanol–water partition coefficient (Wildman–Crippen LogP) is 1.71. The SMILES string of the molecule is O=C(CSCc1cc(=O)[nH][nH]1)Nc1ccccc1F. The van der Waals surface area contributed by atoms with Gasteiger partial charge in [-0.1, -0.05) is 12.1 Å². The van der Waals surface area contributed by atoms with Crippen molar-refractivity contribution in [1.82, 2.24) is 10.2 Å². The molecule has 5 nitrogen and oxygen atoms in total. The molecule has 7 heteroatoms. The van der Waals surface area contributed by atoms with Crippen LogP contribution in [0.25, 0.3) is 0 Å². The van der Waals surface area contributed by atoms with E-state index in [4.69, 9.17) is 0 Å². The smallest absolute Gasteiger partial charge is 0.264 e. The van der Waals surface area contributed by atoms with Crippen LogP contribution in [0.2, 0.25) is 0 Å². The summed E-state index contributed by atoms with van der Waals surface area (Å²) in [6.07, 6.45) is 0. The molecule has 0 saturated carbocycles. The van der Waals surface area contributed by atoms with Crippen LogP contribution in [0.5, 0.6) is 0 Å². The summed E-state index contributed by atoms with van der Waals surface area (Å²) in [6, 6.07) is 7.43. The fourth-order valence-corrected chi connectivity index (χ4v) is 2.19. The van der Waals surface area contributed by atoms with Crippen LogP contribution in [0.15, 0.2) is 35.1 Å². The van der Waals surface area contributed by atoms with Gasteiger partial charge in [0.2, 0.25) is 5.91 Å². The Morgan fingerprint density at radius 3 is 2.79 bits per heavy atom. The van der Waals surface area contributed by atoms with Gasteiger partial charge < -0.3 is 10.4 Å². The van der Waals surface area contributed by atoms with E-state index in [1.54, 1.807) is 12.1 Å². The molecule has 0 radical (unpaired) electrons. The van der Waals surface area contributed by atoms with Gasteiger partial charge in [0.25, 0.3) is 5.56 Å². The number of amides is 1. The molecule has 0 bridgehead atoms. The Morgan fingerprint density at radius 2 is 2.11 bits per heavy atom. The minimum atomic E-state index is -0.462. The molecular weight excluding hydrogens is 269 g/mol. The summed E-state index contributed by atoms with van der Waals surface area (Å²) in [7, 11) is 0. The third-order valence-electron chi connectivity index (χ3n) is 2.29. The number of carbonyl (C=O) groups excluding carboxylic acids is 1. The van der Waals surface area contributed by atoms with Crippen molar-refractivity contribution < 1.29 is 9.18 Å². The summed E-state index contributed by atoms with van der Waals surface area (Å²) in [5, 5.41) is 7.59. The van der Waals surface area contributed by atoms with E-state index in [0.29, 0.717) is 11.4 Å². The maximum atomic E-state index is 13.3. The van der Waals surface area contributed by atoms with Gasteiger partial charge in [-0.3, -0.25) is 14.7 Å². The first-order valence-corrected chi connectivity index (χ1v) is 6.69. The van der Waals surface area contributed by atoms with Gasteiger partial charge in [0.1, 0.15) is 5.82 Å². The Kier molecular flexibility index (Phi) is 4.40. The summed E-state index contributed by atoms with van der Waals surface area (Å²) < 4.78 is 13.3. The highest BCUT2D eigenvalue weighted by molar-refractivity contribution is 7.99. The molecule has 1 amide bonds. The summed E-state index contributed by atoms with van der Waals surface area (Å²) >= 11 is 1.33. The highest BCUT2D eigenvalue weighted by Gasteiger charge is 2.06. The van der Waals surface area contributed by atoms with E-state index in [9.17, 15) is 14.0 Å². The van der Waals surface area contributed by atoms with Crippen LogP contribution in [-0.2, 0) is 10.5 Å². The van der Waals surface area contributed by atoms with E-state index in [-0.39, 0.29) is 22.9 Å². The Labute approximate surface area is 112 Å². The maximum Gasteiger partial charge on any atom is 0.264 e. The fraction of sp³-hybridized carbons (Fsp3) is 0.167. The van der Waals surface area contributed by atoms with Crippen LogP contribution in [-0.4, -0.2) is 21.9 Å². The lowest BCUT2D eigenvalue weighted by atomic mass is 10.3. The van der Waals surface area contributed by atoms with Gasteiger partial charge in [-0.15, -0.1) is 11.8 Å². The number of aromatic nitrogens is 2. The number of benzene rings is 1. The van der Waals surface area contributed by atoms with Crippen molar-refractivity contribution in [3.05, 3.63) is 52.2 Å². The number of rotatable bonds is 5. The standard InChI is InChI=1S/C12H12FN3O2S/c13-9-3-1-2-4-10(9)14-12(18)7-19-6-8-5-11(17)16-15-8/h1-5H,6-7H2,(H,14,18)(H2,15,16,17). The highest BCUT2D eigenvalue weighted by atomic mass is 32.2. The minimum absolute atomic E-state index is 0.170. The third kappa shape index (κ3) is 3.99. The number of H-pyrrole nitrogens is 2. The van der Waals surface area contributed by atoms with Crippen molar-refractivity contribution in [3.63, 3.8) is 0 Å². The zero-order valence-electron chi connectivity index (χ0n) is 9.90. The average Bonchev–Trinajstić information content (AvgIpc) is 2.78. The summed E-state index contributed by atoms with van der Waals surface area (Å²) in [5.41, 5.74) is 0.684. The maximum absolute atomic E-state index is 13.3. The molecule has 0 fully saturated rings. The number of halogens is 1. The van der Waals surface area contributed by atoms with E-state index >= 15 is 0 Å². The molecule has 0 aliphatic rings. The van der Waals surface area contributed by atoms with Crippen LogP contribution in [0.3, 0.4) is 0 Å². The molecule has 2 aromatic rings. The first-order valence-electron chi connectivity index (χ1n) is 5.54. The Hall–Kier alpha value is -2.02. The number of anilines is 1. The molecule has 2 rings (SSSR count). The van der Waals surface area contributed by atoms with Crippen molar-refractivity contribution in [2.45, 2.75) is 5.75 Å². The molecule has 1 aromatic carbocycles. The van der Waals surface area contributed by atoms with Gasteiger partial charge in [0.05, 0.1) is 11.4 Å². The Bertz CT molecular complexity index is 623. The number of nitrogens with one attached hydrogen (secondary N) is 3. The second-order valence-electron chi connectivity index (χ2n) is 3.80. The van der Waals surface area contributed by atoms with Crippen molar-refractivity contribution in [3.8, 4) is 0 Å². The molecule has 0 atom stereocenters. The second-order valence-corrected chi connectivity index (χ2v) is 4.79. The predicted molar refractivity (Wildman–Crippen MR) is 72.6 cm³/mol. The number of aromatic amines is 2. The number of hydrogen-bond donors (Lipinski definition) is 3. The van der Waals surface area contributed by atoms with E-state index in [1.165, 1.54) is 30.0 Å². The monoisotopic (exact) mass is 281 g/mol. The van der Waals surface area contributed by atoms with Crippen molar-refractivity contribution in [2.75, 3.05) is 11.1 Å². The van der Waals surface area contributed by atoms with Gasteiger partial charge in [-0.25, -0.2) is 4.39 Å². The molecule has 1 aromatic heterocycles. The zero-order chi connectivity index (χ0) is 13.7. The van der Waals surface area contributed by atoms with Crippen molar-refractivity contribution in [1.29, 1.82) is 0 Å². The van der Waals surface area contributed by atoms with E-state index in [1.807, 2.05) is 0 Å². The number of thioether (sulfide) groups is 1.